The average Bonchev–Trinajstić information content (AvgIpc) is 2.72. The molecule has 3 aliphatic rings. The molecule has 12 heavy (non-hydrogen) atoms. The van der Waals surface area contributed by atoms with Crippen molar-refractivity contribution in [2.24, 2.45) is 10.2 Å². The van der Waals surface area contributed by atoms with Crippen LogP contribution in [0.25, 0.3) is 0 Å². The van der Waals surface area contributed by atoms with Crippen molar-refractivity contribution in [3.8, 4) is 0 Å². The lowest BCUT2D eigenvalue weighted by atomic mass is 9.87. The molecule has 4 heteroatoms. The molecular formula is C8H12N2O2. The van der Waals surface area contributed by atoms with Gasteiger partial charge in [0, 0.05) is 25.7 Å². The van der Waals surface area contributed by atoms with Gasteiger partial charge in [-0.05, 0) is 0 Å². The fourth-order valence-electron chi connectivity index (χ4n) is 2.09. The zero-order chi connectivity index (χ0) is 8.07. The normalized spacial score (nSPS) is 34.7. The van der Waals surface area contributed by atoms with E-state index in [-0.39, 0.29) is 11.4 Å². The number of hydrogen-bond acceptors (Lipinski definition) is 4. The van der Waals surface area contributed by atoms with Crippen molar-refractivity contribution in [1.29, 1.82) is 0 Å². The summed E-state index contributed by atoms with van der Waals surface area (Å²) in [7, 11) is 0. The predicted molar refractivity (Wildman–Crippen MR) is 40.7 cm³/mol. The van der Waals surface area contributed by atoms with E-state index in [2.05, 4.69) is 10.2 Å². The summed E-state index contributed by atoms with van der Waals surface area (Å²) in [5, 5.41) is 8.12. The van der Waals surface area contributed by atoms with Gasteiger partial charge in [0.05, 0.1) is 13.2 Å². The summed E-state index contributed by atoms with van der Waals surface area (Å²) in [6.07, 6.45) is 3.93. The van der Waals surface area contributed by atoms with Crippen LogP contribution in [0.5, 0.6) is 0 Å². The molecule has 0 radical (unpaired) electrons. The van der Waals surface area contributed by atoms with Crippen LogP contribution in [-0.4, -0.2) is 24.7 Å². The molecule has 0 N–H and O–H groups in total. The first-order valence-electron chi connectivity index (χ1n) is 4.55. The first-order valence-corrected chi connectivity index (χ1v) is 4.55. The quantitative estimate of drug-likeness (QED) is 0.549. The van der Waals surface area contributed by atoms with Gasteiger partial charge in [-0.1, -0.05) is 0 Å². The lowest BCUT2D eigenvalue weighted by molar-refractivity contribution is -0.180. The molecule has 0 bridgehead atoms. The van der Waals surface area contributed by atoms with E-state index in [1.54, 1.807) is 0 Å². The SMILES string of the molecule is C1COC2(CCC3(CC2)N=N3)O1. The van der Waals surface area contributed by atoms with Crippen molar-refractivity contribution in [1.82, 2.24) is 0 Å². The van der Waals surface area contributed by atoms with Crippen LogP contribution in [0.3, 0.4) is 0 Å². The molecule has 1 aliphatic carbocycles. The van der Waals surface area contributed by atoms with Gasteiger partial charge in [0.1, 0.15) is 0 Å². The van der Waals surface area contributed by atoms with Gasteiger partial charge in [0.15, 0.2) is 11.4 Å². The Hall–Kier alpha value is -0.480. The van der Waals surface area contributed by atoms with E-state index < -0.39 is 0 Å². The van der Waals surface area contributed by atoms with E-state index in [9.17, 15) is 0 Å². The fourth-order valence-corrected chi connectivity index (χ4v) is 2.09. The first-order chi connectivity index (χ1) is 5.83. The van der Waals surface area contributed by atoms with Crippen LogP contribution < -0.4 is 0 Å². The van der Waals surface area contributed by atoms with Crippen molar-refractivity contribution < 1.29 is 9.47 Å². The second kappa shape index (κ2) is 2.06. The minimum Gasteiger partial charge on any atom is -0.348 e. The first kappa shape index (κ1) is 6.97. The molecule has 0 unspecified atom stereocenters. The van der Waals surface area contributed by atoms with E-state index in [0.29, 0.717) is 0 Å². The van der Waals surface area contributed by atoms with E-state index in [1.807, 2.05) is 0 Å². The Morgan fingerprint density at radius 2 is 1.42 bits per heavy atom. The van der Waals surface area contributed by atoms with E-state index >= 15 is 0 Å². The molecule has 2 spiro atoms. The third kappa shape index (κ3) is 0.912. The van der Waals surface area contributed by atoms with Crippen LogP contribution in [0.1, 0.15) is 25.7 Å². The molecule has 0 aromatic rings. The highest BCUT2D eigenvalue weighted by Crippen LogP contribution is 2.48. The Labute approximate surface area is 71.0 Å². The Bertz CT molecular complexity index is 215. The highest BCUT2D eigenvalue weighted by atomic mass is 16.7. The maximum atomic E-state index is 5.60. The molecule has 4 nitrogen and oxygen atoms in total. The number of nitrogens with zero attached hydrogens (tertiary/aromatic N) is 2. The van der Waals surface area contributed by atoms with Crippen molar-refractivity contribution in [3.63, 3.8) is 0 Å². The topological polar surface area (TPSA) is 43.2 Å². The summed E-state index contributed by atoms with van der Waals surface area (Å²) in [6, 6.07) is 0. The van der Waals surface area contributed by atoms with Crippen LogP contribution in [-0.2, 0) is 9.47 Å². The van der Waals surface area contributed by atoms with Gasteiger partial charge in [0.25, 0.3) is 0 Å². The fraction of sp³-hybridized carbons (Fsp3) is 1.00. The summed E-state index contributed by atoms with van der Waals surface area (Å²) < 4.78 is 11.2. The van der Waals surface area contributed by atoms with Crippen molar-refractivity contribution in [3.05, 3.63) is 0 Å². The van der Waals surface area contributed by atoms with E-state index in [4.69, 9.17) is 9.47 Å². The van der Waals surface area contributed by atoms with Crippen molar-refractivity contribution in [2.75, 3.05) is 13.2 Å². The monoisotopic (exact) mass is 168 g/mol. The number of hydrogen-bond donors (Lipinski definition) is 0. The molecule has 0 atom stereocenters. The molecule has 1 saturated carbocycles. The van der Waals surface area contributed by atoms with Gasteiger partial charge >= 0.3 is 0 Å². The van der Waals surface area contributed by atoms with Crippen molar-refractivity contribution in [2.45, 2.75) is 37.1 Å². The number of ether oxygens (including phenoxy) is 2. The van der Waals surface area contributed by atoms with Crippen LogP contribution in [0.2, 0.25) is 0 Å². The zero-order valence-electron chi connectivity index (χ0n) is 6.95. The van der Waals surface area contributed by atoms with Gasteiger partial charge in [0.2, 0.25) is 0 Å². The Morgan fingerprint density at radius 1 is 0.833 bits per heavy atom. The summed E-state index contributed by atoms with van der Waals surface area (Å²) in [6.45, 7) is 1.50. The van der Waals surface area contributed by atoms with Crippen LogP contribution in [0.4, 0.5) is 0 Å². The largest absolute Gasteiger partial charge is 0.348 e. The van der Waals surface area contributed by atoms with Crippen LogP contribution >= 0.6 is 0 Å². The molecule has 1 saturated heterocycles. The molecule has 2 fully saturated rings. The lowest BCUT2D eigenvalue weighted by Crippen LogP contribution is -2.38. The molecule has 3 rings (SSSR count). The molecule has 2 aliphatic heterocycles. The minimum absolute atomic E-state index is 0.000556. The average molecular weight is 168 g/mol. The van der Waals surface area contributed by atoms with Crippen molar-refractivity contribution >= 4 is 0 Å². The maximum Gasteiger partial charge on any atom is 0.191 e. The Morgan fingerprint density at radius 3 is 1.92 bits per heavy atom. The minimum atomic E-state index is -0.251. The second-order valence-corrected chi connectivity index (χ2v) is 3.79. The van der Waals surface area contributed by atoms with Gasteiger partial charge in [-0.2, -0.15) is 10.2 Å². The smallest absolute Gasteiger partial charge is 0.191 e. The standard InChI is InChI=1S/C8H12N2O2/c1-3-8(11-5-6-12-8)4-2-7(1)9-10-7/h1-6H2. The summed E-state index contributed by atoms with van der Waals surface area (Å²) >= 11 is 0. The molecule has 0 aromatic carbocycles. The summed E-state index contributed by atoms with van der Waals surface area (Å²) in [4.78, 5) is 0. The number of rotatable bonds is 0. The molecule has 2 heterocycles. The van der Waals surface area contributed by atoms with Crippen LogP contribution in [0.15, 0.2) is 10.2 Å². The third-order valence-electron chi connectivity index (χ3n) is 3.01. The van der Waals surface area contributed by atoms with E-state index in [0.717, 1.165) is 38.9 Å². The van der Waals surface area contributed by atoms with E-state index in [1.165, 1.54) is 0 Å². The second-order valence-electron chi connectivity index (χ2n) is 3.79. The Kier molecular flexibility index (Phi) is 1.20. The summed E-state index contributed by atoms with van der Waals surface area (Å²) in [5.41, 5.74) is 0.000556. The Balaban J connectivity index is 1.69. The molecule has 0 amide bonds. The highest BCUT2D eigenvalue weighted by Gasteiger charge is 2.51. The molecule has 66 valence electrons. The lowest BCUT2D eigenvalue weighted by Gasteiger charge is -2.33. The predicted octanol–water partition coefficient (Wildman–Crippen LogP) is 1.47. The molecular weight excluding hydrogens is 156 g/mol. The van der Waals surface area contributed by atoms with Gasteiger partial charge in [-0.3, -0.25) is 0 Å². The van der Waals surface area contributed by atoms with Gasteiger partial charge in [-0.15, -0.1) is 0 Å². The van der Waals surface area contributed by atoms with Gasteiger partial charge < -0.3 is 9.47 Å². The third-order valence-corrected chi connectivity index (χ3v) is 3.01. The highest BCUT2D eigenvalue weighted by molar-refractivity contribution is 5.00. The molecule has 0 aromatic heterocycles. The summed E-state index contributed by atoms with van der Waals surface area (Å²) in [5.74, 6) is -0.251. The van der Waals surface area contributed by atoms with Gasteiger partial charge in [-0.25, -0.2) is 0 Å². The maximum absolute atomic E-state index is 5.60. The van der Waals surface area contributed by atoms with Crippen LogP contribution in [0, 0.1) is 0 Å². The zero-order valence-corrected chi connectivity index (χ0v) is 6.95.